The smallest absolute Gasteiger partial charge is 0.0159 e. The molecule has 0 heteroatoms. The van der Waals surface area contributed by atoms with E-state index in [1.807, 2.05) is 0 Å². The molecule has 6 aromatic carbocycles. The Morgan fingerprint density at radius 2 is 1.06 bits per heavy atom. The van der Waals surface area contributed by atoms with Gasteiger partial charge in [-0.15, -0.1) is 0 Å². The number of benzene rings is 6. The topological polar surface area (TPSA) is 0 Å². The molecule has 6 aromatic rings. The first-order valence-corrected chi connectivity index (χ1v) is 12.4. The molecular formula is C34H26. The van der Waals surface area contributed by atoms with Gasteiger partial charge >= 0.3 is 0 Å². The van der Waals surface area contributed by atoms with E-state index in [9.17, 15) is 0 Å². The average molecular weight is 435 g/mol. The lowest BCUT2D eigenvalue weighted by Crippen LogP contribution is -2.23. The van der Waals surface area contributed by atoms with Crippen LogP contribution in [0.15, 0.2) is 84.9 Å². The van der Waals surface area contributed by atoms with Gasteiger partial charge in [-0.1, -0.05) is 100 Å². The molecule has 8 rings (SSSR count). The molecule has 162 valence electrons. The zero-order chi connectivity index (χ0) is 23.0. The highest BCUT2D eigenvalue weighted by molar-refractivity contribution is 6.30. The van der Waals surface area contributed by atoms with Gasteiger partial charge < -0.3 is 0 Å². The van der Waals surface area contributed by atoms with Gasteiger partial charge in [0.15, 0.2) is 0 Å². The maximum Gasteiger partial charge on any atom is 0.0159 e. The van der Waals surface area contributed by atoms with Crippen LogP contribution in [-0.4, -0.2) is 0 Å². The largest absolute Gasteiger partial charge is 0.0619 e. The van der Waals surface area contributed by atoms with Crippen molar-refractivity contribution in [1.82, 2.24) is 0 Å². The maximum absolute atomic E-state index is 2.53. The molecule has 0 fully saturated rings. The number of fused-ring (bicyclic) bond motifs is 6. The Morgan fingerprint density at radius 1 is 0.441 bits per heavy atom. The van der Waals surface area contributed by atoms with Crippen LogP contribution in [0.3, 0.4) is 0 Å². The first-order chi connectivity index (χ1) is 16.4. The van der Waals surface area contributed by atoms with Crippen molar-refractivity contribution in [2.75, 3.05) is 0 Å². The minimum atomic E-state index is -0.0254. The average Bonchev–Trinajstić information content (AvgIpc) is 3.08. The van der Waals surface area contributed by atoms with E-state index in [1.54, 1.807) is 0 Å². The lowest BCUT2D eigenvalue weighted by molar-refractivity contribution is 0.645. The summed E-state index contributed by atoms with van der Waals surface area (Å²) in [5.41, 5.74) is 11.4. The Bertz CT molecular complexity index is 1840. The van der Waals surface area contributed by atoms with Crippen LogP contribution < -0.4 is 0 Å². The van der Waals surface area contributed by atoms with Gasteiger partial charge in [0.2, 0.25) is 0 Å². The van der Waals surface area contributed by atoms with Crippen molar-refractivity contribution in [3.63, 3.8) is 0 Å². The van der Waals surface area contributed by atoms with Gasteiger partial charge in [-0.25, -0.2) is 0 Å². The molecule has 0 atom stereocenters. The molecule has 0 saturated heterocycles. The highest BCUT2D eigenvalue weighted by Gasteiger charge is 2.39. The van der Waals surface area contributed by atoms with E-state index in [4.69, 9.17) is 0 Å². The van der Waals surface area contributed by atoms with E-state index in [0.717, 1.165) is 0 Å². The van der Waals surface area contributed by atoms with Gasteiger partial charge in [0, 0.05) is 10.8 Å². The first kappa shape index (κ1) is 18.7. The lowest BCUT2D eigenvalue weighted by atomic mass is 9.67. The van der Waals surface area contributed by atoms with Gasteiger partial charge in [0.25, 0.3) is 0 Å². The molecule has 2 aliphatic carbocycles. The molecule has 34 heavy (non-hydrogen) atoms. The van der Waals surface area contributed by atoms with Gasteiger partial charge in [0.1, 0.15) is 0 Å². The standard InChI is InChI=1S/C34H26/c1-33(2)25-11-7-5-9-21(25)23-18-24-29-20(14-13-19-15-16-27(33)32(23)30(19)29)17-28-31(24)22-10-6-8-12-26(22)34(28,3)4/h5-18H,1-4H3. The number of hydrogen-bond donors (Lipinski definition) is 0. The second kappa shape index (κ2) is 5.70. The van der Waals surface area contributed by atoms with E-state index < -0.39 is 0 Å². The predicted octanol–water partition coefficient (Wildman–Crippen LogP) is 9.20. The summed E-state index contributed by atoms with van der Waals surface area (Å²) < 4.78 is 0. The van der Waals surface area contributed by atoms with Crippen molar-refractivity contribution < 1.29 is 0 Å². The second-order valence-electron chi connectivity index (χ2n) is 11.4. The molecule has 0 radical (unpaired) electrons. The predicted molar refractivity (Wildman–Crippen MR) is 145 cm³/mol. The summed E-state index contributed by atoms with van der Waals surface area (Å²) in [7, 11) is 0. The molecule has 0 unspecified atom stereocenters. The maximum atomic E-state index is 2.53. The molecule has 0 bridgehead atoms. The Hall–Kier alpha value is -3.64. The van der Waals surface area contributed by atoms with Gasteiger partial charge in [-0.05, 0) is 89.0 Å². The Morgan fingerprint density at radius 3 is 1.85 bits per heavy atom. The lowest BCUT2D eigenvalue weighted by Gasteiger charge is -2.36. The normalized spacial score (nSPS) is 16.7. The van der Waals surface area contributed by atoms with Crippen molar-refractivity contribution in [3.8, 4) is 22.3 Å². The van der Waals surface area contributed by atoms with Crippen LogP contribution in [0.25, 0.3) is 54.6 Å². The van der Waals surface area contributed by atoms with Crippen LogP contribution in [0.4, 0.5) is 0 Å². The van der Waals surface area contributed by atoms with Gasteiger partial charge in [0.05, 0.1) is 0 Å². The third-order valence-electron chi connectivity index (χ3n) is 8.99. The van der Waals surface area contributed by atoms with Crippen molar-refractivity contribution in [1.29, 1.82) is 0 Å². The second-order valence-corrected chi connectivity index (χ2v) is 11.4. The molecule has 0 nitrogen and oxygen atoms in total. The van der Waals surface area contributed by atoms with Crippen LogP contribution >= 0.6 is 0 Å². The van der Waals surface area contributed by atoms with Crippen LogP contribution in [0.5, 0.6) is 0 Å². The van der Waals surface area contributed by atoms with Crippen molar-refractivity contribution in [2.45, 2.75) is 38.5 Å². The highest BCUT2D eigenvalue weighted by Crippen LogP contribution is 2.57. The minimum Gasteiger partial charge on any atom is -0.0619 e. The van der Waals surface area contributed by atoms with Crippen molar-refractivity contribution in [2.24, 2.45) is 0 Å². The summed E-state index contributed by atoms with van der Waals surface area (Å²) in [5.74, 6) is 0. The first-order valence-electron chi connectivity index (χ1n) is 12.4. The van der Waals surface area contributed by atoms with E-state index in [0.29, 0.717) is 0 Å². The molecule has 0 saturated carbocycles. The summed E-state index contributed by atoms with van der Waals surface area (Å²) in [6, 6.07) is 32.5. The summed E-state index contributed by atoms with van der Waals surface area (Å²) in [5, 5.41) is 8.44. The Kier molecular flexibility index (Phi) is 3.14. The number of hydrogen-bond acceptors (Lipinski definition) is 0. The summed E-state index contributed by atoms with van der Waals surface area (Å²) >= 11 is 0. The fraction of sp³-hybridized carbons (Fsp3) is 0.176. The molecule has 0 aromatic heterocycles. The zero-order valence-corrected chi connectivity index (χ0v) is 20.1. The minimum absolute atomic E-state index is 0.00132. The molecule has 2 aliphatic rings. The third kappa shape index (κ3) is 1.95. The van der Waals surface area contributed by atoms with E-state index in [-0.39, 0.29) is 10.8 Å². The van der Waals surface area contributed by atoms with Crippen molar-refractivity contribution in [3.05, 3.63) is 107 Å². The summed E-state index contributed by atoms with van der Waals surface area (Å²) in [4.78, 5) is 0. The summed E-state index contributed by atoms with van der Waals surface area (Å²) in [6.07, 6.45) is 0. The van der Waals surface area contributed by atoms with Crippen LogP contribution in [0.2, 0.25) is 0 Å². The molecular weight excluding hydrogens is 408 g/mol. The van der Waals surface area contributed by atoms with E-state index >= 15 is 0 Å². The molecule has 0 spiro atoms. The molecule has 0 heterocycles. The van der Waals surface area contributed by atoms with Crippen LogP contribution in [-0.2, 0) is 10.8 Å². The monoisotopic (exact) mass is 434 g/mol. The Labute approximate surface area is 200 Å². The third-order valence-corrected chi connectivity index (χ3v) is 8.99. The fourth-order valence-corrected chi connectivity index (χ4v) is 7.30. The fourth-order valence-electron chi connectivity index (χ4n) is 7.30. The van der Waals surface area contributed by atoms with Gasteiger partial charge in [-0.3, -0.25) is 0 Å². The van der Waals surface area contributed by atoms with E-state index in [2.05, 4.69) is 113 Å². The molecule has 0 N–H and O–H groups in total. The zero-order valence-electron chi connectivity index (χ0n) is 20.1. The summed E-state index contributed by atoms with van der Waals surface area (Å²) in [6.45, 7) is 9.54. The van der Waals surface area contributed by atoms with Gasteiger partial charge in [-0.2, -0.15) is 0 Å². The van der Waals surface area contributed by atoms with E-state index in [1.165, 1.54) is 76.8 Å². The quantitative estimate of drug-likeness (QED) is 0.209. The molecule has 0 aliphatic heterocycles. The van der Waals surface area contributed by atoms with Crippen molar-refractivity contribution >= 4 is 32.3 Å². The highest BCUT2D eigenvalue weighted by atomic mass is 14.4. The number of rotatable bonds is 0. The molecule has 0 amide bonds. The van der Waals surface area contributed by atoms with Crippen LogP contribution in [0, 0.1) is 0 Å². The van der Waals surface area contributed by atoms with Crippen LogP contribution in [0.1, 0.15) is 49.9 Å². The Balaban J connectivity index is 1.68. The SMILES string of the molecule is CC1(C)c2ccccc2-c2c1cc1ccc3ccc4c5c(cc2c1c35)-c1ccccc1C4(C)C.